The number of hydrogen-bond acceptors (Lipinski definition) is 4. The molecule has 0 bridgehead atoms. The first-order chi connectivity index (χ1) is 9.17. The van der Waals surface area contributed by atoms with E-state index in [-0.39, 0.29) is 0 Å². The molecule has 0 aromatic heterocycles. The second kappa shape index (κ2) is 6.14. The molecule has 4 nitrogen and oxygen atoms in total. The number of ether oxygens (including phenoxy) is 2. The number of aliphatic hydroxyl groups is 1. The molecule has 0 spiro atoms. The van der Waals surface area contributed by atoms with Crippen LogP contribution in [0.5, 0.6) is 11.5 Å². The molecule has 1 aliphatic rings. The van der Waals surface area contributed by atoms with E-state index < -0.39 is 12.0 Å². The van der Waals surface area contributed by atoms with Crippen molar-refractivity contribution < 1.29 is 14.6 Å². The van der Waals surface area contributed by atoms with Crippen LogP contribution in [-0.4, -0.2) is 18.3 Å². The first-order valence-electron chi connectivity index (χ1n) is 6.34. The van der Waals surface area contributed by atoms with Gasteiger partial charge in [0.1, 0.15) is 0 Å². The van der Waals surface area contributed by atoms with Gasteiger partial charge in [-0.3, -0.25) is 0 Å². The predicted molar refractivity (Wildman–Crippen MR) is 71.4 cm³/mol. The Labute approximate surface area is 117 Å². The van der Waals surface area contributed by atoms with Crippen LogP contribution in [0.25, 0.3) is 0 Å². The standard InChI is InChI=1S/C14H16ClNO3/c1-2-9(8-16)13(17)10-6-11(15)14-12(7-10)18-4-3-5-19-14/h6-7,9,13,17H,2-5H2,1H3. The van der Waals surface area contributed by atoms with Crippen molar-refractivity contribution in [3.8, 4) is 17.6 Å². The van der Waals surface area contributed by atoms with Crippen LogP contribution < -0.4 is 9.47 Å². The topological polar surface area (TPSA) is 62.5 Å². The van der Waals surface area contributed by atoms with Gasteiger partial charge >= 0.3 is 0 Å². The zero-order valence-electron chi connectivity index (χ0n) is 10.7. The maximum atomic E-state index is 10.2. The lowest BCUT2D eigenvalue weighted by Crippen LogP contribution is -2.10. The Balaban J connectivity index is 2.36. The van der Waals surface area contributed by atoms with Gasteiger partial charge in [0.05, 0.1) is 36.3 Å². The molecule has 1 aliphatic heterocycles. The molecule has 19 heavy (non-hydrogen) atoms. The predicted octanol–water partition coefficient (Wildman–Crippen LogP) is 3.08. The molecule has 5 heteroatoms. The normalized spacial score (nSPS) is 17.2. The minimum atomic E-state index is -0.871. The van der Waals surface area contributed by atoms with Gasteiger partial charge in [-0.05, 0) is 24.1 Å². The molecule has 0 aliphatic carbocycles. The molecule has 1 N–H and O–H groups in total. The Bertz CT molecular complexity index is 498. The molecule has 2 atom stereocenters. The van der Waals surface area contributed by atoms with Crippen molar-refractivity contribution in [1.82, 2.24) is 0 Å². The number of aliphatic hydroxyl groups excluding tert-OH is 1. The molecule has 0 fully saturated rings. The molecule has 1 aromatic rings. The summed E-state index contributed by atoms with van der Waals surface area (Å²) in [5.74, 6) is 0.591. The summed E-state index contributed by atoms with van der Waals surface area (Å²) < 4.78 is 11.1. The molecule has 0 amide bonds. The van der Waals surface area contributed by atoms with Gasteiger partial charge in [0.25, 0.3) is 0 Å². The quantitative estimate of drug-likeness (QED) is 0.925. The highest BCUT2D eigenvalue weighted by molar-refractivity contribution is 6.32. The minimum absolute atomic E-state index is 0.404. The number of fused-ring (bicyclic) bond motifs is 1. The highest BCUT2D eigenvalue weighted by atomic mass is 35.5. The van der Waals surface area contributed by atoms with Crippen molar-refractivity contribution in [2.24, 2.45) is 5.92 Å². The Kier molecular flexibility index (Phi) is 4.52. The maximum Gasteiger partial charge on any atom is 0.179 e. The number of halogens is 1. The van der Waals surface area contributed by atoms with Gasteiger partial charge in [0.2, 0.25) is 0 Å². The van der Waals surface area contributed by atoms with E-state index in [1.54, 1.807) is 12.1 Å². The lowest BCUT2D eigenvalue weighted by atomic mass is 9.94. The number of benzene rings is 1. The molecule has 102 valence electrons. The number of rotatable bonds is 3. The van der Waals surface area contributed by atoms with Crippen molar-refractivity contribution in [3.63, 3.8) is 0 Å². The fourth-order valence-electron chi connectivity index (χ4n) is 2.04. The van der Waals surface area contributed by atoms with Gasteiger partial charge in [0, 0.05) is 6.42 Å². The lowest BCUT2D eigenvalue weighted by Gasteiger charge is -2.18. The van der Waals surface area contributed by atoms with E-state index in [1.165, 1.54) is 0 Å². The molecule has 0 radical (unpaired) electrons. The summed E-state index contributed by atoms with van der Waals surface area (Å²) in [4.78, 5) is 0. The molecular formula is C14H16ClNO3. The minimum Gasteiger partial charge on any atom is -0.489 e. The van der Waals surface area contributed by atoms with Crippen molar-refractivity contribution in [2.45, 2.75) is 25.9 Å². The summed E-state index contributed by atoms with van der Waals surface area (Å²) in [6, 6.07) is 5.44. The third kappa shape index (κ3) is 2.94. The Morgan fingerprint density at radius 3 is 2.84 bits per heavy atom. The van der Waals surface area contributed by atoms with Crippen LogP contribution in [-0.2, 0) is 0 Å². The Morgan fingerprint density at radius 2 is 2.16 bits per heavy atom. The highest BCUT2D eigenvalue weighted by Crippen LogP contribution is 2.40. The van der Waals surface area contributed by atoms with Crippen LogP contribution >= 0.6 is 11.6 Å². The average Bonchev–Trinajstić information content (AvgIpc) is 2.65. The first-order valence-corrected chi connectivity index (χ1v) is 6.72. The van der Waals surface area contributed by atoms with E-state index in [9.17, 15) is 5.11 Å². The molecule has 1 heterocycles. The lowest BCUT2D eigenvalue weighted by molar-refractivity contribution is 0.132. The molecular weight excluding hydrogens is 266 g/mol. The highest BCUT2D eigenvalue weighted by Gasteiger charge is 2.23. The van der Waals surface area contributed by atoms with Gasteiger partial charge in [0.15, 0.2) is 11.5 Å². The third-order valence-electron chi connectivity index (χ3n) is 3.15. The van der Waals surface area contributed by atoms with Crippen molar-refractivity contribution in [3.05, 3.63) is 22.7 Å². The van der Waals surface area contributed by atoms with Crippen LogP contribution in [0.4, 0.5) is 0 Å². The second-order valence-electron chi connectivity index (χ2n) is 4.47. The van der Waals surface area contributed by atoms with Crippen molar-refractivity contribution >= 4 is 11.6 Å². The van der Waals surface area contributed by atoms with Gasteiger partial charge < -0.3 is 14.6 Å². The van der Waals surface area contributed by atoms with E-state index in [2.05, 4.69) is 6.07 Å². The van der Waals surface area contributed by atoms with Crippen LogP contribution in [0.1, 0.15) is 31.4 Å². The van der Waals surface area contributed by atoms with E-state index in [0.29, 0.717) is 41.7 Å². The van der Waals surface area contributed by atoms with Crippen molar-refractivity contribution in [2.75, 3.05) is 13.2 Å². The van der Waals surface area contributed by atoms with Crippen LogP contribution in [0.3, 0.4) is 0 Å². The third-order valence-corrected chi connectivity index (χ3v) is 3.43. The molecule has 0 saturated carbocycles. The number of hydrogen-bond donors (Lipinski definition) is 1. The van der Waals surface area contributed by atoms with Crippen molar-refractivity contribution in [1.29, 1.82) is 5.26 Å². The second-order valence-corrected chi connectivity index (χ2v) is 4.88. The van der Waals surface area contributed by atoms with E-state index in [1.807, 2.05) is 6.92 Å². The van der Waals surface area contributed by atoms with Gasteiger partial charge in [-0.1, -0.05) is 18.5 Å². The molecule has 2 unspecified atom stereocenters. The first kappa shape index (κ1) is 14.0. The summed E-state index contributed by atoms with van der Waals surface area (Å²) in [5.41, 5.74) is 0.586. The zero-order valence-corrected chi connectivity index (χ0v) is 11.5. The number of nitrogens with zero attached hydrogens (tertiary/aromatic N) is 1. The molecule has 0 saturated heterocycles. The number of nitriles is 1. The fraction of sp³-hybridized carbons (Fsp3) is 0.500. The molecule has 1 aromatic carbocycles. The Morgan fingerprint density at radius 1 is 1.42 bits per heavy atom. The summed E-state index contributed by atoms with van der Waals surface area (Å²) in [6.07, 6.45) is 0.493. The van der Waals surface area contributed by atoms with Crippen LogP contribution in [0, 0.1) is 17.2 Å². The summed E-state index contributed by atoms with van der Waals surface area (Å²) in [7, 11) is 0. The Hall–Kier alpha value is -1.44. The van der Waals surface area contributed by atoms with E-state index in [0.717, 1.165) is 6.42 Å². The van der Waals surface area contributed by atoms with Gasteiger partial charge in [-0.25, -0.2) is 0 Å². The smallest absolute Gasteiger partial charge is 0.179 e. The van der Waals surface area contributed by atoms with Crippen LogP contribution in [0.15, 0.2) is 12.1 Å². The van der Waals surface area contributed by atoms with Gasteiger partial charge in [-0.2, -0.15) is 5.26 Å². The maximum absolute atomic E-state index is 10.2. The summed E-state index contributed by atoms with van der Waals surface area (Å²) in [5, 5.41) is 19.6. The molecule has 2 rings (SSSR count). The van der Waals surface area contributed by atoms with Crippen LogP contribution in [0.2, 0.25) is 5.02 Å². The van der Waals surface area contributed by atoms with Gasteiger partial charge in [-0.15, -0.1) is 0 Å². The average molecular weight is 282 g/mol. The SMILES string of the molecule is CCC(C#N)C(O)c1cc(Cl)c2c(c1)OCCCO2. The zero-order chi connectivity index (χ0) is 13.8. The summed E-state index contributed by atoms with van der Waals surface area (Å²) in [6.45, 7) is 2.98. The van der Waals surface area contributed by atoms with E-state index in [4.69, 9.17) is 26.3 Å². The van der Waals surface area contributed by atoms with E-state index >= 15 is 0 Å². The summed E-state index contributed by atoms with van der Waals surface area (Å²) >= 11 is 6.16. The monoisotopic (exact) mass is 281 g/mol. The fourth-order valence-corrected chi connectivity index (χ4v) is 2.31. The largest absolute Gasteiger partial charge is 0.489 e.